The van der Waals surface area contributed by atoms with Gasteiger partial charge in [-0.25, -0.2) is 0 Å². The number of nitrogen functional groups attached to an aromatic ring is 1. The second kappa shape index (κ2) is 8.98. The molecule has 1 aliphatic carbocycles. The van der Waals surface area contributed by atoms with Gasteiger partial charge in [-0.05, 0) is 75.3 Å². The zero-order valence-corrected chi connectivity index (χ0v) is 20.4. The average molecular weight is 460 g/mol. The number of nitrogens with two attached hydrogens (primary N) is 1. The first-order valence-corrected chi connectivity index (χ1v) is 12.9. The monoisotopic (exact) mass is 459 g/mol. The van der Waals surface area contributed by atoms with E-state index < -0.39 is 0 Å². The Bertz CT molecular complexity index is 1390. The van der Waals surface area contributed by atoms with Crippen LogP contribution in [0.2, 0.25) is 0 Å². The summed E-state index contributed by atoms with van der Waals surface area (Å²) >= 11 is 0. The van der Waals surface area contributed by atoms with E-state index in [1.54, 1.807) is 5.56 Å². The summed E-state index contributed by atoms with van der Waals surface area (Å²) in [4.78, 5) is 2.61. The second-order valence-corrected chi connectivity index (χ2v) is 10.4. The van der Waals surface area contributed by atoms with Crippen LogP contribution in [0.3, 0.4) is 0 Å². The Morgan fingerprint density at radius 2 is 1.60 bits per heavy atom. The van der Waals surface area contributed by atoms with Gasteiger partial charge in [0, 0.05) is 25.2 Å². The summed E-state index contributed by atoms with van der Waals surface area (Å²) in [5.41, 5.74) is 13.9. The third kappa shape index (κ3) is 4.37. The lowest BCUT2D eigenvalue weighted by Gasteiger charge is -2.35. The van der Waals surface area contributed by atoms with Crippen LogP contribution in [-0.4, -0.2) is 17.3 Å². The van der Waals surface area contributed by atoms with Crippen LogP contribution in [0.15, 0.2) is 84.9 Å². The lowest BCUT2D eigenvalue weighted by molar-refractivity contribution is 0.219. The molecule has 1 saturated carbocycles. The van der Waals surface area contributed by atoms with Crippen LogP contribution in [0.25, 0.3) is 10.8 Å². The molecule has 1 fully saturated rings. The molecule has 0 radical (unpaired) electrons. The van der Waals surface area contributed by atoms with Crippen molar-refractivity contribution in [2.24, 2.45) is 5.73 Å². The summed E-state index contributed by atoms with van der Waals surface area (Å²) in [6.45, 7) is 5.55. The smallest absolute Gasteiger partial charge is 0.122 e. The van der Waals surface area contributed by atoms with Gasteiger partial charge in [-0.15, -0.1) is 0 Å². The van der Waals surface area contributed by atoms with Gasteiger partial charge in [0.25, 0.3) is 0 Å². The van der Waals surface area contributed by atoms with E-state index in [0.29, 0.717) is 17.8 Å². The van der Waals surface area contributed by atoms with E-state index in [9.17, 15) is 0 Å². The largest absolute Gasteiger partial charge is 0.384 e. The molecule has 35 heavy (non-hydrogen) atoms. The minimum atomic E-state index is 0.124. The molecule has 1 heterocycles. The zero-order chi connectivity index (χ0) is 23.9. The lowest BCUT2D eigenvalue weighted by Crippen LogP contribution is -2.33. The highest BCUT2D eigenvalue weighted by Gasteiger charge is 2.40. The van der Waals surface area contributed by atoms with Crippen molar-refractivity contribution in [2.75, 3.05) is 6.54 Å². The topological polar surface area (TPSA) is 53.1 Å². The number of benzene rings is 4. The van der Waals surface area contributed by atoms with Crippen molar-refractivity contribution < 1.29 is 0 Å². The first-order chi connectivity index (χ1) is 17.1. The van der Waals surface area contributed by atoms with E-state index in [2.05, 4.69) is 84.6 Å². The third-order valence-electron chi connectivity index (χ3n) is 8.05. The highest BCUT2D eigenvalue weighted by molar-refractivity contribution is 5.99. The van der Waals surface area contributed by atoms with Crippen LogP contribution < -0.4 is 5.73 Å². The molecule has 1 aliphatic heterocycles. The normalized spacial score (nSPS) is 21.6. The number of nitrogens with zero attached hydrogens (tertiary/aromatic N) is 1. The number of nitrogens with one attached hydrogen (secondary N) is 1. The third-order valence-corrected chi connectivity index (χ3v) is 8.05. The van der Waals surface area contributed by atoms with Crippen LogP contribution in [0.4, 0.5) is 0 Å². The van der Waals surface area contributed by atoms with Gasteiger partial charge in [0.1, 0.15) is 5.84 Å². The molecule has 3 atom stereocenters. The summed E-state index contributed by atoms with van der Waals surface area (Å²) in [5.74, 6) is 1.95. The molecule has 2 aliphatic rings. The lowest BCUT2D eigenvalue weighted by atomic mass is 9.85. The standard InChI is InChI=1S/C32H33N3/c1-2-22-19-35(18-21-6-4-3-5-7-21)20-28-13-11-26(16-29(22)28)31-17-30(31)25-10-8-24-15-27(32(33)34)12-9-23(24)14-25/h3-16,22,30-31H,2,17-20H2,1H3,(H3,33,34). The van der Waals surface area contributed by atoms with Crippen LogP contribution in [0.5, 0.6) is 0 Å². The van der Waals surface area contributed by atoms with Gasteiger partial charge in [-0.3, -0.25) is 10.3 Å². The second-order valence-electron chi connectivity index (χ2n) is 10.4. The van der Waals surface area contributed by atoms with Crippen LogP contribution in [0.1, 0.15) is 70.9 Å². The Balaban J connectivity index is 1.20. The van der Waals surface area contributed by atoms with E-state index in [0.717, 1.165) is 30.6 Å². The van der Waals surface area contributed by atoms with Crippen LogP contribution >= 0.6 is 0 Å². The van der Waals surface area contributed by atoms with Crippen molar-refractivity contribution in [3.05, 3.63) is 118 Å². The fourth-order valence-electron chi connectivity index (χ4n) is 5.99. The predicted molar refractivity (Wildman–Crippen MR) is 145 cm³/mol. The molecule has 0 saturated heterocycles. The molecule has 0 bridgehead atoms. The van der Waals surface area contributed by atoms with E-state index in [1.165, 1.54) is 40.5 Å². The minimum absolute atomic E-state index is 0.124. The highest BCUT2D eigenvalue weighted by atomic mass is 15.1. The molecule has 0 aromatic heterocycles. The van der Waals surface area contributed by atoms with Gasteiger partial charge < -0.3 is 5.73 Å². The molecule has 3 nitrogen and oxygen atoms in total. The summed E-state index contributed by atoms with van der Waals surface area (Å²) in [5, 5.41) is 10.1. The Labute approximate surface area is 208 Å². The van der Waals surface area contributed by atoms with Crippen LogP contribution in [-0.2, 0) is 13.1 Å². The van der Waals surface area contributed by atoms with Crippen molar-refractivity contribution in [2.45, 2.75) is 50.6 Å². The molecule has 176 valence electrons. The van der Waals surface area contributed by atoms with E-state index in [-0.39, 0.29) is 5.84 Å². The maximum Gasteiger partial charge on any atom is 0.122 e. The average Bonchev–Trinajstić information content (AvgIpc) is 3.69. The summed E-state index contributed by atoms with van der Waals surface area (Å²) in [6, 6.07) is 31.0. The molecule has 3 N–H and O–H groups in total. The maximum absolute atomic E-state index is 7.68. The Morgan fingerprint density at radius 3 is 2.37 bits per heavy atom. The number of amidine groups is 1. The quantitative estimate of drug-likeness (QED) is 0.243. The fraction of sp³-hybridized carbons (Fsp3) is 0.281. The van der Waals surface area contributed by atoms with Crippen molar-refractivity contribution in [3.8, 4) is 0 Å². The van der Waals surface area contributed by atoms with Gasteiger partial charge in [0.2, 0.25) is 0 Å². The summed E-state index contributed by atoms with van der Waals surface area (Å²) < 4.78 is 0. The Kier molecular flexibility index (Phi) is 5.66. The molecule has 4 aromatic carbocycles. The van der Waals surface area contributed by atoms with Gasteiger partial charge in [-0.2, -0.15) is 0 Å². The number of fused-ring (bicyclic) bond motifs is 2. The van der Waals surface area contributed by atoms with Crippen molar-refractivity contribution in [1.82, 2.24) is 4.90 Å². The summed E-state index contributed by atoms with van der Waals surface area (Å²) in [6.07, 6.45) is 2.41. The SMILES string of the molecule is CCC1CN(Cc2ccccc2)Cc2ccc(C3CC3c3ccc4cc(C(=N)N)ccc4c3)cc21. The maximum atomic E-state index is 7.68. The molecule has 4 aromatic rings. The van der Waals surface area contributed by atoms with Gasteiger partial charge >= 0.3 is 0 Å². The predicted octanol–water partition coefficient (Wildman–Crippen LogP) is 6.90. The molecular formula is C32H33N3. The highest BCUT2D eigenvalue weighted by Crippen LogP contribution is 2.55. The summed E-state index contributed by atoms with van der Waals surface area (Å²) in [7, 11) is 0. The Hall–Kier alpha value is -3.43. The number of hydrogen-bond donors (Lipinski definition) is 2. The van der Waals surface area contributed by atoms with Crippen molar-refractivity contribution >= 4 is 16.6 Å². The molecule has 0 spiro atoms. The van der Waals surface area contributed by atoms with E-state index >= 15 is 0 Å². The number of rotatable bonds is 6. The van der Waals surface area contributed by atoms with Gasteiger partial charge in [0.05, 0.1) is 0 Å². The Morgan fingerprint density at radius 1 is 0.886 bits per heavy atom. The fourth-order valence-corrected chi connectivity index (χ4v) is 5.99. The van der Waals surface area contributed by atoms with Gasteiger partial charge in [-0.1, -0.05) is 85.8 Å². The first kappa shape index (κ1) is 22.1. The van der Waals surface area contributed by atoms with Crippen LogP contribution in [0, 0.1) is 5.41 Å². The van der Waals surface area contributed by atoms with E-state index in [1.807, 2.05) is 12.1 Å². The van der Waals surface area contributed by atoms with Gasteiger partial charge in [0.15, 0.2) is 0 Å². The minimum Gasteiger partial charge on any atom is -0.384 e. The molecule has 3 unspecified atom stereocenters. The van der Waals surface area contributed by atoms with E-state index in [4.69, 9.17) is 11.1 Å². The molecular weight excluding hydrogens is 426 g/mol. The molecule has 0 amide bonds. The van der Waals surface area contributed by atoms with Crippen molar-refractivity contribution in [1.29, 1.82) is 5.41 Å². The zero-order valence-electron chi connectivity index (χ0n) is 20.4. The molecule has 3 heteroatoms. The van der Waals surface area contributed by atoms with Crippen molar-refractivity contribution in [3.63, 3.8) is 0 Å². The first-order valence-electron chi connectivity index (χ1n) is 12.9. The molecule has 6 rings (SSSR count). The number of hydrogen-bond acceptors (Lipinski definition) is 2.